The molecule has 1 fully saturated rings. The standard InChI is InChI=1S/C23H30N2O3S/c1-14-15(2)17(4)22(18(5)16(14)3)29(27,28)25(21-11-12-21)13-19-7-9-20(10-8-19)23(26)24-6/h7-10,21H,11-13H2,1-6H3,(H,24,26). The predicted octanol–water partition coefficient (Wildman–Crippen LogP) is 3.94. The van der Waals surface area contributed by atoms with Gasteiger partial charge in [0.2, 0.25) is 10.0 Å². The van der Waals surface area contributed by atoms with E-state index in [4.69, 9.17) is 0 Å². The van der Waals surface area contributed by atoms with Crippen LogP contribution in [0.5, 0.6) is 0 Å². The van der Waals surface area contributed by atoms with E-state index in [1.54, 1.807) is 23.5 Å². The molecule has 1 aliphatic rings. The van der Waals surface area contributed by atoms with E-state index in [9.17, 15) is 13.2 Å². The molecule has 0 radical (unpaired) electrons. The van der Waals surface area contributed by atoms with Crippen LogP contribution in [0.15, 0.2) is 29.2 Å². The van der Waals surface area contributed by atoms with Crippen LogP contribution in [0.2, 0.25) is 0 Å². The van der Waals surface area contributed by atoms with Crippen LogP contribution in [0.3, 0.4) is 0 Å². The van der Waals surface area contributed by atoms with Crippen molar-refractivity contribution in [3.8, 4) is 0 Å². The van der Waals surface area contributed by atoms with E-state index in [1.807, 2.05) is 46.8 Å². The van der Waals surface area contributed by atoms with Crippen molar-refractivity contribution in [2.24, 2.45) is 0 Å². The Bertz CT molecular complexity index is 1020. The molecule has 1 N–H and O–H groups in total. The molecular formula is C23H30N2O3S. The maximum atomic E-state index is 13.8. The van der Waals surface area contributed by atoms with Crippen LogP contribution in [0, 0.1) is 34.6 Å². The van der Waals surface area contributed by atoms with Crippen molar-refractivity contribution in [1.82, 2.24) is 9.62 Å². The average molecular weight is 415 g/mol. The van der Waals surface area contributed by atoms with Crippen LogP contribution in [0.4, 0.5) is 0 Å². The summed E-state index contributed by atoms with van der Waals surface area (Å²) < 4.78 is 29.2. The number of hydrogen-bond donors (Lipinski definition) is 1. The van der Waals surface area contributed by atoms with Gasteiger partial charge in [-0.05, 0) is 93.0 Å². The highest BCUT2D eigenvalue weighted by Crippen LogP contribution is 2.37. The van der Waals surface area contributed by atoms with E-state index in [2.05, 4.69) is 5.32 Å². The quantitative estimate of drug-likeness (QED) is 0.778. The van der Waals surface area contributed by atoms with Crippen molar-refractivity contribution in [2.75, 3.05) is 7.05 Å². The van der Waals surface area contributed by atoms with E-state index in [0.717, 1.165) is 46.2 Å². The minimum atomic E-state index is -3.64. The Labute approximate surface area is 174 Å². The molecule has 3 rings (SSSR count). The third-order valence-electron chi connectivity index (χ3n) is 6.23. The number of carbonyl (C=O) groups is 1. The summed E-state index contributed by atoms with van der Waals surface area (Å²) in [6, 6.07) is 7.19. The fourth-order valence-corrected chi connectivity index (χ4v) is 6.07. The molecule has 29 heavy (non-hydrogen) atoms. The Kier molecular flexibility index (Phi) is 5.88. The lowest BCUT2D eigenvalue weighted by molar-refractivity contribution is 0.0963. The summed E-state index contributed by atoms with van der Waals surface area (Å²) >= 11 is 0. The molecule has 0 saturated heterocycles. The van der Waals surface area contributed by atoms with Crippen molar-refractivity contribution in [3.63, 3.8) is 0 Å². The molecule has 1 saturated carbocycles. The van der Waals surface area contributed by atoms with Gasteiger partial charge in [-0.25, -0.2) is 8.42 Å². The van der Waals surface area contributed by atoms with Gasteiger partial charge in [0.1, 0.15) is 0 Å². The first-order valence-electron chi connectivity index (χ1n) is 9.99. The molecule has 2 aromatic carbocycles. The van der Waals surface area contributed by atoms with E-state index < -0.39 is 10.0 Å². The molecule has 0 heterocycles. The van der Waals surface area contributed by atoms with Crippen LogP contribution in [0.1, 0.15) is 56.6 Å². The SMILES string of the molecule is CNC(=O)c1ccc(CN(C2CC2)S(=O)(=O)c2c(C)c(C)c(C)c(C)c2C)cc1. The zero-order valence-corrected chi connectivity index (χ0v) is 18.9. The summed E-state index contributed by atoms with van der Waals surface area (Å²) in [5.74, 6) is -0.153. The number of nitrogens with one attached hydrogen (secondary N) is 1. The maximum absolute atomic E-state index is 13.8. The molecule has 0 spiro atoms. The Morgan fingerprint density at radius 2 is 1.41 bits per heavy atom. The molecule has 0 aliphatic heterocycles. The first-order valence-corrected chi connectivity index (χ1v) is 11.4. The summed E-state index contributed by atoms with van der Waals surface area (Å²) in [4.78, 5) is 12.2. The third kappa shape index (κ3) is 3.96. The predicted molar refractivity (Wildman–Crippen MR) is 116 cm³/mol. The molecule has 0 atom stereocenters. The van der Waals surface area contributed by atoms with Gasteiger partial charge in [-0.1, -0.05) is 12.1 Å². The summed E-state index contributed by atoms with van der Waals surface area (Å²) in [6.45, 7) is 10.2. The molecule has 156 valence electrons. The van der Waals surface area contributed by atoms with Gasteiger partial charge in [0.15, 0.2) is 0 Å². The lowest BCUT2D eigenvalue weighted by Crippen LogP contribution is -2.34. The first-order chi connectivity index (χ1) is 13.6. The minimum absolute atomic E-state index is 0.0410. The van der Waals surface area contributed by atoms with Crippen LogP contribution < -0.4 is 5.32 Å². The van der Waals surface area contributed by atoms with Gasteiger partial charge in [-0.15, -0.1) is 0 Å². The third-order valence-corrected chi connectivity index (χ3v) is 8.41. The van der Waals surface area contributed by atoms with Crippen molar-refractivity contribution in [3.05, 3.63) is 63.2 Å². The van der Waals surface area contributed by atoms with Crippen LogP contribution in [0.25, 0.3) is 0 Å². The van der Waals surface area contributed by atoms with E-state index in [0.29, 0.717) is 17.0 Å². The zero-order chi connectivity index (χ0) is 21.5. The van der Waals surface area contributed by atoms with Crippen molar-refractivity contribution < 1.29 is 13.2 Å². The minimum Gasteiger partial charge on any atom is -0.355 e. The number of sulfonamides is 1. The summed E-state index contributed by atoms with van der Waals surface area (Å²) in [5.41, 5.74) is 6.35. The fourth-order valence-electron chi connectivity index (χ4n) is 3.83. The highest BCUT2D eigenvalue weighted by atomic mass is 32.2. The second kappa shape index (κ2) is 7.92. The second-order valence-corrected chi connectivity index (χ2v) is 9.84. The number of hydrogen-bond acceptors (Lipinski definition) is 3. The molecular weight excluding hydrogens is 384 g/mol. The Morgan fingerprint density at radius 1 is 0.931 bits per heavy atom. The highest BCUT2D eigenvalue weighted by Gasteiger charge is 2.40. The van der Waals surface area contributed by atoms with Gasteiger partial charge in [0, 0.05) is 25.2 Å². The lowest BCUT2D eigenvalue weighted by atomic mass is 9.95. The van der Waals surface area contributed by atoms with Crippen LogP contribution in [-0.2, 0) is 16.6 Å². The van der Waals surface area contributed by atoms with Crippen molar-refractivity contribution in [1.29, 1.82) is 0 Å². The van der Waals surface area contributed by atoms with E-state index in [1.165, 1.54) is 0 Å². The van der Waals surface area contributed by atoms with Crippen LogP contribution in [-0.4, -0.2) is 31.7 Å². The topological polar surface area (TPSA) is 66.5 Å². The van der Waals surface area contributed by atoms with Gasteiger partial charge in [-0.3, -0.25) is 4.79 Å². The largest absolute Gasteiger partial charge is 0.355 e. The summed E-state index contributed by atoms with van der Waals surface area (Å²) in [5, 5.41) is 2.60. The van der Waals surface area contributed by atoms with Crippen LogP contribution >= 0.6 is 0 Å². The van der Waals surface area contributed by atoms with Crippen molar-refractivity contribution in [2.45, 2.75) is 64.9 Å². The Balaban J connectivity index is 2.01. The highest BCUT2D eigenvalue weighted by molar-refractivity contribution is 7.89. The lowest BCUT2D eigenvalue weighted by Gasteiger charge is -2.26. The number of nitrogens with zero attached hydrogens (tertiary/aromatic N) is 1. The van der Waals surface area contributed by atoms with Gasteiger partial charge < -0.3 is 5.32 Å². The fraction of sp³-hybridized carbons (Fsp3) is 0.435. The second-order valence-electron chi connectivity index (χ2n) is 8.01. The number of benzene rings is 2. The Morgan fingerprint density at radius 3 is 1.86 bits per heavy atom. The van der Waals surface area contributed by atoms with Gasteiger partial charge in [0.25, 0.3) is 5.91 Å². The van der Waals surface area contributed by atoms with Gasteiger partial charge in [-0.2, -0.15) is 4.31 Å². The molecule has 1 aliphatic carbocycles. The first kappa shape index (κ1) is 21.5. The normalized spacial score (nSPS) is 14.3. The number of rotatable bonds is 6. The van der Waals surface area contributed by atoms with Gasteiger partial charge >= 0.3 is 0 Å². The summed E-state index contributed by atoms with van der Waals surface area (Å²) in [6.07, 6.45) is 1.77. The number of carbonyl (C=O) groups excluding carboxylic acids is 1. The zero-order valence-electron chi connectivity index (χ0n) is 18.1. The number of amides is 1. The molecule has 1 amide bonds. The van der Waals surface area contributed by atoms with E-state index in [-0.39, 0.29) is 11.9 Å². The Hall–Kier alpha value is -2.18. The molecule has 0 aromatic heterocycles. The molecule has 0 bridgehead atoms. The maximum Gasteiger partial charge on any atom is 0.251 e. The molecule has 2 aromatic rings. The van der Waals surface area contributed by atoms with Crippen molar-refractivity contribution >= 4 is 15.9 Å². The monoisotopic (exact) mass is 414 g/mol. The molecule has 6 heteroatoms. The van der Waals surface area contributed by atoms with Gasteiger partial charge in [0.05, 0.1) is 4.90 Å². The summed E-state index contributed by atoms with van der Waals surface area (Å²) in [7, 11) is -2.05. The molecule has 0 unspecified atom stereocenters. The smallest absolute Gasteiger partial charge is 0.251 e. The average Bonchev–Trinajstić information content (AvgIpc) is 3.53. The molecule has 5 nitrogen and oxygen atoms in total. The van der Waals surface area contributed by atoms with E-state index >= 15 is 0 Å².